The van der Waals surface area contributed by atoms with Crippen molar-refractivity contribution in [3.63, 3.8) is 0 Å². The summed E-state index contributed by atoms with van der Waals surface area (Å²) in [4.78, 5) is 14.8. The first-order chi connectivity index (χ1) is 14.6. The van der Waals surface area contributed by atoms with Gasteiger partial charge in [0.15, 0.2) is 5.76 Å². The highest BCUT2D eigenvalue weighted by Crippen LogP contribution is 2.25. The van der Waals surface area contributed by atoms with E-state index >= 15 is 0 Å². The predicted molar refractivity (Wildman–Crippen MR) is 120 cm³/mol. The fourth-order valence-electron chi connectivity index (χ4n) is 3.86. The van der Waals surface area contributed by atoms with Crippen LogP contribution >= 0.6 is 0 Å². The average Bonchev–Trinajstić information content (AvgIpc) is 3.18. The molecule has 0 radical (unpaired) electrons. The van der Waals surface area contributed by atoms with Crippen LogP contribution in [0.25, 0.3) is 11.0 Å². The van der Waals surface area contributed by atoms with Gasteiger partial charge in [-0.2, -0.15) is 5.10 Å². The second-order valence-electron chi connectivity index (χ2n) is 7.54. The number of amides is 1. The molecule has 0 aliphatic carbocycles. The Hall–Kier alpha value is -3.28. The highest BCUT2D eigenvalue weighted by molar-refractivity contribution is 5.96. The van der Waals surface area contributed by atoms with Gasteiger partial charge in [-0.25, -0.2) is 5.43 Å². The van der Waals surface area contributed by atoms with Crippen LogP contribution in [0.1, 0.15) is 47.9 Å². The first-order valence-corrected chi connectivity index (χ1v) is 10.5. The van der Waals surface area contributed by atoms with Crippen LogP contribution in [0.5, 0.6) is 5.75 Å². The number of nitrogens with zero attached hydrogens (tertiary/aromatic N) is 2. The highest BCUT2D eigenvalue weighted by Gasteiger charge is 2.14. The summed E-state index contributed by atoms with van der Waals surface area (Å²) in [5.74, 6) is 0.577. The minimum Gasteiger partial charge on any atom is -0.494 e. The molecule has 156 valence electrons. The monoisotopic (exact) mass is 405 g/mol. The molecule has 0 saturated carbocycles. The molecule has 6 nitrogen and oxygen atoms in total. The molecule has 1 aliphatic heterocycles. The third-order valence-electron chi connectivity index (χ3n) is 5.32. The number of nitrogens with one attached hydrogen (secondary N) is 1. The molecule has 3 aromatic rings. The standard InChI is InChI=1S/C24H27N3O3/c1-3-29-20-8-10-22-19(14-20)15-23(30-22)24(28)26-25-16-18-7-9-21(17(2)13-18)27-11-5-4-6-12-27/h7-10,13-16H,3-6,11-12H2,1-2H3,(H,26,28)/b25-16+. The maximum Gasteiger partial charge on any atom is 0.307 e. The molecule has 0 bridgehead atoms. The van der Waals surface area contributed by atoms with E-state index in [4.69, 9.17) is 9.15 Å². The Morgan fingerprint density at radius 2 is 2.00 bits per heavy atom. The van der Waals surface area contributed by atoms with E-state index in [1.807, 2.05) is 25.1 Å². The molecule has 2 heterocycles. The fourth-order valence-corrected chi connectivity index (χ4v) is 3.86. The van der Waals surface area contributed by atoms with Crippen molar-refractivity contribution in [3.05, 3.63) is 59.4 Å². The number of carbonyl (C=O) groups excluding carboxylic acids is 1. The number of rotatable bonds is 6. The Morgan fingerprint density at radius 3 is 2.77 bits per heavy atom. The number of hydrogen-bond donors (Lipinski definition) is 1. The first-order valence-electron chi connectivity index (χ1n) is 10.5. The van der Waals surface area contributed by atoms with E-state index in [0.29, 0.717) is 12.2 Å². The largest absolute Gasteiger partial charge is 0.494 e. The molecule has 6 heteroatoms. The molecular weight excluding hydrogens is 378 g/mol. The number of hydrogen-bond acceptors (Lipinski definition) is 5. The van der Waals surface area contributed by atoms with Gasteiger partial charge in [-0.1, -0.05) is 6.07 Å². The maximum atomic E-state index is 12.4. The lowest BCUT2D eigenvalue weighted by molar-refractivity contribution is 0.0929. The van der Waals surface area contributed by atoms with Crippen LogP contribution in [0.3, 0.4) is 0 Å². The smallest absolute Gasteiger partial charge is 0.307 e. The van der Waals surface area contributed by atoms with Gasteiger partial charge in [-0.15, -0.1) is 0 Å². The van der Waals surface area contributed by atoms with Gasteiger partial charge in [0.2, 0.25) is 0 Å². The summed E-state index contributed by atoms with van der Waals surface area (Å²) >= 11 is 0. The molecule has 1 aliphatic rings. The number of anilines is 1. The number of ether oxygens (including phenoxy) is 1. The maximum absolute atomic E-state index is 12.4. The lowest BCUT2D eigenvalue weighted by Crippen LogP contribution is -2.29. The van der Waals surface area contributed by atoms with Gasteiger partial charge >= 0.3 is 5.91 Å². The van der Waals surface area contributed by atoms with Crippen molar-refractivity contribution in [2.24, 2.45) is 5.10 Å². The number of piperidine rings is 1. The van der Waals surface area contributed by atoms with Gasteiger partial charge in [0, 0.05) is 24.2 Å². The van der Waals surface area contributed by atoms with E-state index in [1.54, 1.807) is 18.3 Å². The van der Waals surface area contributed by atoms with Crippen molar-refractivity contribution < 1.29 is 13.9 Å². The van der Waals surface area contributed by atoms with Gasteiger partial charge < -0.3 is 14.1 Å². The predicted octanol–water partition coefficient (Wildman–Crippen LogP) is 4.89. The molecule has 1 fully saturated rings. The van der Waals surface area contributed by atoms with Crippen LogP contribution < -0.4 is 15.1 Å². The molecule has 1 N–H and O–H groups in total. The lowest BCUT2D eigenvalue weighted by atomic mass is 10.1. The van der Waals surface area contributed by atoms with Crippen LogP contribution in [0.4, 0.5) is 5.69 Å². The average molecular weight is 405 g/mol. The lowest BCUT2D eigenvalue weighted by Gasteiger charge is -2.30. The van der Waals surface area contributed by atoms with Crippen molar-refractivity contribution >= 4 is 28.8 Å². The Kier molecular flexibility index (Phi) is 6.02. The molecule has 1 aromatic heterocycles. The Balaban J connectivity index is 1.40. The minimum absolute atomic E-state index is 0.215. The topological polar surface area (TPSA) is 67.1 Å². The summed E-state index contributed by atoms with van der Waals surface area (Å²) in [6.45, 7) is 6.87. The van der Waals surface area contributed by atoms with Crippen molar-refractivity contribution in [3.8, 4) is 5.75 Å². The summed E-state index contributed by atoms with van der Waals surface area (Å²) in [7, 11) is 0. The molecule has 1 saturated heterocycles. The van der Waals surface area contributed by atoms with Crippen LogP contribution in [-0.4, -0.2) is 31.8 Å². The van der Waals surface area contributed by atoms with Crippen LogP contribution in [-0.2, 0) is 0 Å². The quantitative estimate of drug-likeness (QED) is 0.468. The molecule has 0 atom stereocenters. The number of fused-ring (bicyclic) bond motifs is 1. The van der Waals surface area contributed by atoms with Gasteiger partial charge in [0.1, 0.15) is 11.3 Å². The van der Waals surface area contributed by atoms with Gasteiger partial charge in [-0.3, -0.25) is 4.79 Å². The number of aryl methyl sites for hydroxylation is 1. The fraction of sp³-hybridized carbons (Fsp3) is 0.333. The number of furan rings is 1. The second kappa shape index (κ2) is 9.03. The summed E-state index contributed by atoms with van der Waals surface area (Å²) in [5.41, 5.74) is 6.62. The van der Waals surface area contributed by atoms with E-state index in [2.05, 4.69) is 34.5 Å². The number of benzene rings is 2. The van der Waals surface area contributed by atoms with Crippen molar-refractivity contribution in [1.29, 1.82) is 0 Å². The zero-order valence-electron chi connectivity index (χ0n) is 17.5. The van der Waals surface area contributed by atoms with Gasteiger partial charge in [0.05, 0.1) is 12.8 Å². The van der Waals surface area contributed by atoms with Crippen LogP contribution in [0, 0.1) is 6.92 Å². The third kappa shape index (κ3) is 4.48. The Labute approximate surface area is 176 Å². The van der Waals surface area contributed by atoms with E-state index in [0.717, 1.165) is 29.8 Å². The van der Waals surface area contributed by atoms with Gasteiger partial charge in [-0.05, 0) is 80.6 Å². The molecule has 30 heavy (non-hydrogen) atoms. The van der Waals surface area contributed by atoms with Crippen molar-refractivity contribution in [2.75, 3.05) is 24.6 Å². The molecule has 4 rings (SSSR count). The van der Waals surface area contributed by atoms with Crippen molar-refractivity contribution in [2.45, 2.75) is 33.1 Å². The SMILES string of the molecule is CCOc1ccc2oc(C(=O)N/N=C/c3ccc(N4CCCCC4)c(C)c3)cc2c1. The zero-order chi connectivity index (χ0) is 20.9. The summed E-state index contributed by atoms with van der Waals surface area (Å²) < 4.78 is 11.1. The third-order valence-corrected chi connectivity index (χ3v) is 5.32. The summed E-state index contributed by atoms with van der Waals surface area (Å²) in [6, 6.07) is 13.4. The zero-order valence-corrected chi connectivity index (χ0v) is 17.5. The Bertz CT molecular complexity index is 1060. The van der Waals surface area contributed by atoms with E-state index in [9.17, 15) is 4.79 Å². The normalized spacial score (nSPS) is 14.4. The van der Waals surface area contributed by atoms with E-state index in [1.165, 1.54) is 30.5 Å². The molecule has 1 amide bonds. The summed E-state index contributed by atoms with van der Waals surface area (Å²) in [6.07, 6.45) is 5.48. The first kappa shape index (κ1) is 20.0. The molecule has 0 unspecified atom stereocenters. The van der Waals surface area contributed by atoms with E-state index < -0.39 is 0 Å². The molecule has 0 spiro atoms. The van der Waals surface area contributed by atoms with Crippen LogP contribution in [0.15, 0.2) is 52.0 Å². The van der Waals surface area contributed by atoms with Crippen LogP contribution in [0.2, 0.25) is 0 Å². The number of hydrazone groups is 1. The second-order valence-corrected chi connectivity index (χ2v) is 7.54. The molecular formula is C24H27N3O3. The summed E-state index contributed by atoms with van der Waals surface area (Å²) in [5, 5.41) is 4.91. The highest BCUT2D eigenvalue weighted by atomic mass is 16.5. The molecule has 2 aromatic carbocycles. The van der Waals surface area contributed by atoms with Crippen molar-refractivity contribution in [1.82, 2.24) is 5.43 Å². The van der Waals surface area contributed by atoms with E-state index in [-0.39, 0.29) is 11.7 Å². The van der Waals surface area contributed by atoms with Gasteiger partial charge in [0.25, 0.3) is 0 Å². The Morgan fingerprint density at radius 1 is 1.17 bits per heavy atom. The minimum atomic E-state index is -0.387. The number of carbonyl (C=O) groups is 1.